The average molecular weight is 458 g/mol. The maximum atomic E-state index is 13.7. The summed E-state index contributed by atoms with van der Waals surface area (Å²) in [7, 11) is -2.77. The van der Waals surface area contributed by atoms with Crippen LogP contribution in [0.1, 0.15) is 28.8 Å². The van der Waals surface area contributed by atoms with Gasteiger partial charge in [0.2, 0.25) is 0 Å². The fourth-order valence-corrected chi connectivity index (χ4v) is 3.67. The number of pyridine rings is 1. The van der Waals surface area contributed by atoms with Crippen molar-refractivity contribution >= 4 is 27.4 Å². The first kappa shape index (κ1) is 22.1. The van der Waals surface area contributed by atoms with E-state index in [4.69, 9.17) is 21.5 Å². The number of methoxy groups -OCH3 is 1. The molecule has 0 spiro atoms. The van der Waals surface area contributed by atoms with Crippen LogP contribution in [0.15, 0.2) is 35.4 Å². The fourth-order valence-electron chi connectivity index (χ4n) is 2.80. The Morgan fingerprint density at radius 3 is 2.53 bits per heavy atom. The molecule has 0 amide bonds. The van der Waals surface area contributed by atoms with Crippen molar-refractivity contribution in [3.8, 4) is 0 Å². The maximum absolute atomic E-state index is 13.7. The van der Waals surface area contributed by atoms with E-state index in [1.165, 1.54) is 38.3 Å². The molecule has 8 nitrogen and oxygen atoms in total. The Morgan fingerprint density at radius 2 is 1.93 bits per heavy atom. The van der Waals surface area contributed by atoms with E-state index < -0.39 is 27.7 Å². The Hall–Kier alpha value is -2.60. The molecule has 0 aliphatic carbocycles. The number of anilines is 1. The summed E-state index contributed by atoms with van der Waals surface area (Å²) in [6, 6.07) is 5.76. The molecule has 3 rings (SSSR count). The molecule has 0 bridgehead atoms. The summed E-state index contributed by atoms with van der Waals surface area (Å²) in [6.07, 6.45) is 0. The zero-order chi connectivity index (χ0) is 22.1. The van der Waals surface area contributed by atoms with Crippen molar-refractivity contribution < 1.29 is 21.9 Å². The van der Waals surface area contributed by atoms with Gasteiger partial charge in [-0.25, -0.2) is 32.3 Å². The topological polar surface area (TPSA) is 123 Å². The number of rotatable bonds is 7. The molecule has 0 fully saturated rings. The highest BCUT2D eigenvalue weighted by molar-refractivity contribution is 7.89. The zero-order valence-corrected chi connectivity index (χ0v) is 17.5. The number of sulfonamides is 1. The van der Waals surface area contributed by atoms with Crippen molar-refractivity contribution in [2.75, 3.05) is 12.4 Å². The van der Waals surface area contributed by atoms with Gasteiger partial charge < -0.3 is 15.0 Å². The molecule has 12 heteroatoms. The predicted molar refractivity (Wildman–Crippen MR) is 106 cm³/mol. The van der Waals surface area contributed by atoms with Crippen LogP contribution in [0.3, 0.4) is 0 Å². The van der Waals surface area contributed by atoms with Gasteiger partial charge in [-0.3, -0.25) is 0 Å². The van der Waals surface area contributed by atoms with Crippen LogP contribution in [-0.4, -0.2) is 30.5 Å². The summed E-state index contributed by atoms with van der Waals surface area (Å²) in [5, 5.41) is 7.77. The average Bonchev–Trinajstić information content (AvgIpc) is 3.09. The van der Waals surface area contributed by atoms with Crippen LogP contribution in [0.25, 0.3) is 0 Å². The monoisotopic (exact) mass is 457 g/mol. The largest absolute Gasteiger partial charge is 0.378 e. The Bertz CT molecular complexity index is 1190. The number of H-pyrrole nitrogens is 1. The number of aromatic amines is 1. The van der Waals surface area contributed by atoms with E-state index >= 15 is 0 Å². The Labute approximate surface area is 176 Å². The molecule has 30 heavy (non-hydrogen) atoms. The van der Waals surface area contributed by atoms with Gasteiger partial charge in [-0.15, -0.1) is 0 Å². The van der Waals surface area contributed by atoms with Gasteiger partial charge in [-0.05, 0) is 36.8 Å². The van der Waals surface area contributed by atoms with E-state index in [2.05, 4.69) is 20.3 Å². The van der Waals surface area contributed by atoms with Crippen molar-refractivity contribution in [1.82, 2.24) is 15.0 Å². The third-order valence-electron chi connectivity index (χ3n) is 4.18. The second-order valence-electron chi connectivity index (χ2n) is 6.40. The molecular formula is C18H18ClF2N5O3S. The summed E-state index contributed by atoms with van der Waals surface area (Å²) in [5.41, 5.74) is 0.739. The number of aromatic nitrogens is 3. The molecule has 1 atom stereocenters. The van der Waals surface area contributed by atoms with Crippen molar-refractivity contribution in [2.24, 2.45) is 5.14 Å². The number of benzene rings is 1. The summed E-state index contributed by atoms with van der Waals surface area (Å²) in [4.78, 5) is 11.1. The van der Waals surface area contributed by atoms with Crippen LogP contribution in [0, 0.1) is 18.6 Å². The van der Waals surface area contributed by atoms with Gasteiger partial charge in [0.1, 0.15) is 29.3 Å². The third-order valence-corrected chi connectivity index (χ3v) is 5.35. The van der Waals surface area contributed by atoms with Gasteiger partial charge in [0.15, 0.2) is 5.03 Å². The molecule has 1 aromatic carbocycles. The van der Waals surface area contributed by atoms with E-state index in [9.17, 15) is 17.2 Å². The highest BCUT2D eigenvalue weighted by atomic mass is 35.5. The van der Waals surface area contributed by atoms with Crippen molar-refractivity contribution in [3.05, 3.63) is 69.8 Å². The SMILES string of the molecule is COCc1[nH]c(C(Nc2ccc(F)c(C)n2)c2ccc(F)c(Cl)c2)nc1S(N)(=O)=O. The second kappa shape index (κ2) is 8.64. The zero-order valence-electron chi connectivity index (χ0n) is 15.9. The van der Waals surface area contributed by atoms with Crippen molar-refractivity contribution in [3.63, 3.8) is 0 Å². The van der Waals surface area contributed by atoms with E-state index in [0.717, 1.165) is 6.07 Å². The number of nitrogens with one attached hydrogen (secondary N) is 2. The van der Waals surface area contributed by atoms with E-state index in [1.807, 2.05) is 0 Å². The highest BCUT2D eigenvalue weighted by Gasteiger charge is 2.26. The van der Waals surface area contributed by atoms with Crippen LogP contribution < -0.4 is 10.5 Å². The number of aryl methyl sites for hydroxylation is 1. The number of halogens is 3. The molecular weight excluding hydrogens is 440 g/mol. The lowest BCUT2D eigenvalue weighted by molar-refractivity contribution is 0.179. The van der Waals surface area contributed by atoms with Gasteiger partial charge in [-0.2, -0.15) is 0 Å². The molecule has 160 valence electrons. The summed E-state index contributed by atoms with van der Waals surface area (Å²) < 4.78 is 56.1. The molecule has 1 unspecified atom stereocenters. The number of ether oxygens (including phenoxy) is 1. The molecule has 2 heterocycles. The Balaban J connectivity index is 2.13. The van der Waals surface area contributed by atoms with Gasteiger partial charge >= 0.3 is 0 Å². The minimum Gasteiger partial charge on any atom is -0.378 e. The molecule has 2 aromatic heterocycles. The molecule has 3 aromatic rings. The van der Waals surface area contributed by atoms with Crippen LogP contribution in [0.4, 0.5) is 14.6 Å². The Morgan fingerprint density at radius 1 is 1.23 bits per heavy atom. The van der Waals surface area contributed by atoms with E-state index in [0.29, 0.717) is 5.56 Å². The van der Waals surface area contributed by atoms with Gasteiger partial charge in [0.05, 0.1) is 23.0 Å². The number of nitrogens with two attached hydrogens (primary N) is 1. The van der Waals surface area contributed by atoms with Crippen LogP contribution in [-0.2, 0) is 21.4 Å². The number of hydrogen-bond acceptors (Lipinski definition) is 6. The van der Waals surface area contributed by atoms with Gasteiger partial charge in [0, 0.05) is 7.11 Å². The molecule has 0 radical (unpaired) electrons. The maximum Gasteiger partial charge on any atom is 0.257 e. The summed E-state index contributed by atoms with van der Waals surface area (Å²) in [5.74, 6) is -0.697. The number of primary sulfonamides is 1. The minimum atomic E-state index is -4.15. The van der Waals surface area contributed by atoms with Crippen LogP contribution >= 0.6 is 11.6 Å². The van der Waals surface area contributed by atoms with E-state index in [-0.39, 0.29) is 39.7 Å². The quantitative estimate of drug-likeness (QED) is 0.501. The van der Waals surface area contributed by atoms with Crippen molar-refractivity contribution in [2.45, 2.75) is 24.6 Å². The molecule has 0 aliphatic heterocycles. The predicted octanol–water partition coefficient (Wildman–Crippen LogP) is 3.04. The van der Waals surface area contributed by atoms with Crippen molar-refractivity contribution in [1.29, 1.82) is 0 Å². The second-order valence-corrected chi connectivity index (χ2v) is 8.28. The highest BCUT2D eigenvalue weighted by Crippen LogP contribution is 2.29. The molecule has 0 saturated heterocycles. The van der Waals surface area contributed by atoms with Gasteiger partial charge in [0.25, 0.3) is 10.0 Å². The Kier molecular flexibility index (Phi) is 6.36. The number of nitrogens with zero attached hydrogens (tertiary/aromatic N) is 2. The van der Waals surface area contributed by atoms with Crippen LogP contribution in [0.2, 0.25) is 5.02 Å². The molecule has 0 aliphatic rings. The first-order chi connectivity index (χ1) is 14.1. The molecule has 0 saturated carbocycles. The summed E-state index contributed by atoms with van der Waals surface area (Å²) >= 11 is 5.92. The number of imidazole rings is 1. The van der Waals surface area contributed by atoms with E-state index in [1.54, 1.807) is 0 Å². The summed E-state index contributed by atoms with van der Waals surface area (Å²) in [6.45, 7) is 1.40. The minimum absolute atomic E-state index is 0.0937. The lowest BCUT2D eigenvalue weighted by atomic mass is 10.1. The third kappa shape index (κ3) is 4.75. The first-order valence-corrected chi connectivity index (χ1v) is 10.5. The van der Waals surface area contributed by atoms with Gasteiger partial charge in [-0.1, -0.05) is 17.7 Å². The first-order valence-electron chi connectivity index (χ1n) is 8.55. The number of hydrogen-bond donors (Lipinski definition) is 3. The molecule has 4 N–H and O–H groups in total. The normalized spacial score (nSPS) is 12.7. The standard InChI is InChI=1S/C18H18ClF2N5O3S/c1-9-12(20)5-6-15(23-9)25-16(10-3-4-13(21)11(19)7-10)17-24-14(8-29-2)18(26-17)30(22,27)28/h3-7,16H,8H2,1-2H3,(H,23,25)(H,24,26)(H2,22,27,28). The lowest BCUT2D eigenvalue weighted by Gasteiger charge is -2.19. The fraction of sp³-hybridized carbons (Fsp3) is 0.222. The van der Waals surface area contributed by atoms with Crippen LogP contribution in [0.5, 0.6) is 0 Å². The smallest absolute Gasteiger partial charge is 0.257 e. The lowest BCUT2D eigenvalue weighted by Crippen LogP contribution is -2.17.